The zero-order valence-corrected chi connectivity index (χ0v) is 13.1. The van der Waals surface area contributed by atoms with Gasteiger partial charge in [-0.2, -0.15) is 5.26 Å². The van der Waals surface area contributed by atoms with E-state index < -0.39 is 20.7 Å². The molecule has 114 valence electrons. The minimum absolute atomic E-state index is 0.125. The topological polar surface area (TPSA) is 81.4 Å². The number of nitriles is 1. The zero-order valence-electron chi connectivity index (χ0n) is 12.3. The lowest BCUT2D eigenvalue weighted by Crippen LogP contribution is -2.53. The first-order valence-corrected chi connectivity index (χ1v) is 8.53. The molecule has 0 saturated carbocycles. The summed E-state index contributed by atoms with van der Waals surface area (Å²) in [6, 6.07) is 8.84. The molecule has 0 aromatic heterocycles. The van der Waals surface area contributed by atoms with Crippen LogP contribution in [0, 0.1) is 11.3 Å². The van der Waals surface area contributed by atoms with Gasteiger partial charge in [-0.15, -0.1) is 0 Å². The van der Waals surface area contributed by atoms with E-state index in [1.54, 1.807) is 38.1 Å². The molecule has 1 aliphatic rings. The molecular formula is C15H20N2O3S. The van der Waals surface area contributed by atoms with E-state index in [9.17, 15) is 13.5 Å². The maximum absolute atomic E-state index is 12.0. The standard InChI is InChI=1S/C15H20N2O3S/c1-15(2)11-17(7-8-21(15,19)20)10-14(18)13-5-3-12(9-16)4-6-13/h3-6,14,18H,7-8,10-11H2,1-2H3. The molecule has 0 bridgehead atoms. The Labute approximate surface area is 125 Å². The number of rotatable bonds is 3. The van der Waals surface area contributed by atoms with Crippen molar-refractivity contribution in [2.24, 2.45) is 0 Å². The van der Waals surface area contributed by atoms with Crippen LogP contribution >= 0.6 is 0 Å². The van der Waals surface area contributed by atoms with E-state index in [-0.39, 0.29) is 5.75 Å². The third-order valence-corrected chi connectivity index (χ3v) is 6.51. The van der Waals surface area contributed by atoms with Crippen molar-refractivity contribution in [1.82, 2.24) is 4.90 Å². The van der Waals surface area contributed by atoms with E-state index >= 15 is 0 Å². The molecule has 5 nitrogen and oxygen atoms in total. The fourth-order valence-electron chi connectivity index (χ4n) is 2.53. The summed E-state index contributed by atoms with van der Waals surface area (Å²) in [5, 5.41) is 19.0. The van der Waals surface area contributed by atoms with Gasteiger partial charge in [0.1, 0.15) is 0 Å². The van der Waals surface area contributed by atoms with Crippen molar-refractivity contribution < 1.29 is 13.5 Å². The van der Waals surface area contributed by atoms with E-state index in [4.69, 9.17) is 5.26 Å². The Hall–Kier alpha value is -1.42. The molecule has 1 heterocycles. The van der Waals surface area contributed by atoms with Gasteiger partial charge in [0.2, 0.25) is 0 Å². The number of nitrogens with zero attached hydrogens (tertiary/aromatic N) is 2. The van der Waals surface area contributed by atoms with Crippen LogP contribution in [0.1, 0.15) is 31.1 Å². The van der Waals surface area contributed by atoms with Gasteiger partial charge >= 0.3 is 0 Å². The van der Waals surface area contributed by atoms with Crippen LogP contribution in [-0.4, -0.2) is 48.6 Å². The molecule has 1 N–H and O–H groups in total. The molecule has 1 fully saturated rings. The molecule has 0 spiro atoms. The quantitative estimate of drug-likeness (QED) is 0.904. The number of sulfone groups is 1. The van der Waals surface area contributed by atoms with Crippen molar-refractivity contribution in [2.75, 3.05) is 25.4 Å². The molecule has 1 saturated heterocycles. The van der Waals surface area contributed by atoms with Crippen LogP contribution in [0.2, 0.25) is 0 Å². The van der Waals surface area contributed by atoms with Gasteiger partial charge in [0.15, 0.2) is 9.84 Å². The molecule has 21 heavy (non-hydrogen) atoms. The van der Waals surface area contributed by atoms with Crippen LogP contribution in [0.5, 0.6) is 0 Å². The van der Waals surface area contributed by atoms with E-state index in [0.717, 1.165) is 5.56 Å². The summed E-state index contributed by atoms with van der Waals surface area (Å²) < 4.78 is 23.1. The molecule has 1 aliphatic heterocycles. The third-order valence-electron chi connectivity index (χ3n) is 3.98. The van der Waals surface area contributed by atoms with Gasteiger partial charge in [0, 0.05) is 19.6 Å². The van der Waals surface area contributed by atoms with Crippen molar-refractivity contribution in [3.63, 3.8) is 0 Å². The highest BCUT2D eigenvalue weighted by molar-refractivity contribution is 7.92. The zero-order chi connectivity index (χ0) is 15.7. The Morgan fingerprint density at radius 1 is 1.38 bits per heavy atom. The number of hydrogen-bond acceptors (Lipinski definition) is 5. The van der Waals surface area contributed by atoms with Crippen molar-refractivity contribution in [2.45, 2.75) is 24.7 Å². The Balaban J connectivity index is 2.03. The molecule has 1 unspecified atom stereocenters. The van der Waals surface area contributed by atoms with Gasteiger partial charge in [-0.1, -0.05) is 12.1 Å². The summed E-state index contributed by atoms with van der Waals surface area (Å²) in [5.74, 6) is 0.125. The summed E-state index contributed by atoms with van der Waals surface area (Å²) in [5.41, 5.74) is 1.29. The second-order valence-electron chi connectivity index (χ2n) is 6.06. The number of benzene rings is 1. The van der Waals surface area contributed by atoms with E-state index in [2.05, 4.69) is 0 Å². The highest BCUT2D eigenvalue weighted by atomic mass is 32.2. The number of aliphatic hydroxyl groups is 1. The summed E-state index contributed by atoms with van der Waals surface area (Å²) in [6.45, 7) is 4.71. The number of β-amino-alcohol motifs (C(OH)–C–C–N with tert-alkyl or cyclic N) is 1. The first-order chi connectivity index (χ1) is 9.75. The van der Waals surface area contributed by atoms with Crippen molar-refractivity contribution >= 4 is 9.84 Å². The van der Waals surface area contributed by atoms with Gasteiger partial charge in [0.05, 0.1) is 28.2 Å². The fourth-order valence-corrected chi connectivity index (χ4v) is 3.96. The molecule has 0 aliphatic carbocycles. The lowest BCUT2D eigenvalue weighted by Gasteiger charge is -2.38. The normalized spacial score (nSPS) is 22.4. The summed E-state index contributed by atoms with van der Waals surface area (Å²) in [7, 11) is -3.06. The van der Waals surface area contributed by atoms with Gasteiger partial charge < -0.3 is 5.11 Å². The van der Waals surface area contributed by atoms with Crippen LogP contribution in [-0.2, 0) is 9.84 Å². The smallest absolute Gasteiger partial charge is 0.157 e. The minimum atomic E-state index is -3.06. The molecule has 1 atom stereocenters. The predicted molar refractivity (Wildman–Crippen MR) is 80.4 cm³/mol. The van der Waals surface area contributed by atoms with Crippen LogP contribution < -0.4 is 0 Å². The third kappa shape index (κ3) is 3.43. The fraction of sp³-hybridized carbons (Fsp3) is 0.533. The van der Waals surface area contributed by atoms with Crippen molar-refractivity contribution in [3.8, 4) is 6.07 Å². The minimum Gasteiger partial charge on any atom is -0.387 e. The second-order valence-corrected chi connectivity index (χ2v) is 8.81. The lowest BCUT2D eigenvalue weighted by molar-refractivity contribution is 0.108. The highest BCUT2D eigenvalue weighted by Crippen LogP contribution is 2.25. The van der Waals surface area contributed by atoms with Crippen molar-refractivity contribution in [1.29, 1.82) is 5.26 Å². The predicted octanol–water partition coefficient (Wildman–Crippen LogP) is 1.10. The Morgan fingerprint density at radius 3 is 2.52 bits per heavy atom. The molecule has 0 amide bonds. The van der Waals surface area contributed by atoms with Crippen LogP contribution in [0.4, 0.5) is 0 Å². The average Bonchev–Trinajstić information content (AvgIpc) is 2.43. The van der Waals surface area contributed by atoms with Crippen LogP contribution in [0.15, 0.2) is 24.3 Å². The molecular weight excluding hydrogens is 288 g/mol. The van der Waals surface area contributed by atoms with Crippen LogP contribution in [0.3, 0.4) is 0 Å². The van der Waals surface area contributed by atoms with Crippen molar-refractivity contribution in [3.05, 3.63) is 35.4 Å². The number of aliphatic hydroxyl groups excluding tert-OH is 1. The summed E-state index contributed by atoms with van der Waals surface area (Å²) >= 11 is 0. The van der Waals surface area contributed by atoms with Crippen LogP contribution in [0.25, 0.3) is 0 Å². The lowest BCUT2D eigenvalue weighted by atomic mass is 10.1. The summed E-state index contributed by atoms with van der Waals surface area (Å²) in [6.07, 6.45) is -0.686. The van der Waals surface area contributed by atoms with Gasteiger partial charge in [-0.25, -0.2) is 8.42 Å². The Kier molecular flexibility index (Phi) is 4.38. The number of hydrogen-bond donors (Lipinski definition) is 1. The maximum Gasteiger partial charge on any atom is 0.157 e. The monoisotopic (exact) mass is 308 g/mol. The van der Waals surface area contributed by atoms with Gasteiger partial charge in [-0.05, 0) is 31.5 Å². The maximum atomic E-state index is 12.0. The first kappa shape index (κ1) is 16.0. The first-order valence-electron chi connectivity index (χ1n) is 6.88. The summed E-state index contributed by atoms with van der Waals surface area (Å²) in [4.78, 5) is 1.98. The highest BCUT2D eigenvalue weighted by Gasteiger charge is 2.40. The van der Waals surface area contributed by atoms with E-state index in [1.165, 1.54) is 0 Å². The molecule has 6 heteroatoms. The van der Waals surface area contributed by atoms with E-state index in [0.29, 0.717) is 25.2 Å². The Bertz CT molecular complexity index is 644. The molecule has 2 rings (SSSR count). The Morgan fingerprint density at radius 2 is 2.00 bits per heavy atom. The van der Waals surface area contributed by atoms with Gasteiger partial charge in [0.25, 0.3) is 0 Å². The van der Waals surface area contributed by atoms with E-state index in [1.807, 2.05) is 11.0 Å². The second kappa shape index (κ2) is 5.76. The molecule has 1 aromatic carbocycles. The largest absolute Gasteiger partial charge is 0.387 e. The van der Waals surface area contributed by atoms with Gasteiger partial charge in [-0.3, -0.25) is 4.90 Å². The molecule has 1 aromatic rings. The average molecular weight is 308 g/mol. The SMILES string of the molecule is CC1(C)CN(CC(O)c2ccc(C#N)cc2)CCS1(=O)=O. The molecule has 0 radical (unpaired) electrons.